The monoisotopic (exact) mass is 364 g/mol. The predicted molar refractivity (Wildman–Crippen MR) is 96.3 cm³/mol. The Bertz CT molecular complexity index is 818. The second-order valence-corrected chi connectivity index (χ2v) is 8.46. The van der Waals surface area contributed by atoms with Crippen LogP contribution in [0.25, 0.3) is 4.96 Å². The molecule has 4 rings (SSSR count). The molecule has 1 saturated heterocycles. The van der Waals surface area contributed by atoms with Crippen LogP contribution in [0.5, 0.6) is 0 Å². The molecule has 2 aliphatic rings. The van der Waals surface area contributed by atoms with Gasteiger partial charge in [-0.15, -0.1) is 23.1 Å². The minimum absolute atomic E-state index is 0.0652. The molecule has 1 saturated carbocycles. The van der Waals surface area contributed by atoms with Crippen molar-refractivity contribution in [2.24, 2.45) is 17.6 Å². The lowest BCUT2D eigenvalue weighted by Crippen LogP contribution is -2.34. The van der Waals surface area contributed by atoms with Crippen LogP contribution in [0.4, 0.5) is 0 Å². The number of aromatic nitrogens is 2. The van der Waals surface area contributed by atoms with Crippen LogP contribution in [-0.4, -0.2) is 45.1 Å². The Morgan fingerprint density at radius 3 is 3.12 bits per heavy atom. The lowest BCUT2D eigenvalue weighted by Gasteiger charge is -2.18. The van der Waals surface area contributed by atoms with E-state index in [4.69, 9.17) is 5.73 Å². The fraction of sp³-hybridized carbons (Fsp3) is 0.562. The number of hydrogen-bond acceptors (Lipinski definition) is 6. The van der Waals surface area contributed by atoms with Gasteiger partial charge in [0, 0.05) is 42.5 Å². The van der Waals surface area contributed by atoms with Crippen LogP contribution in [0.1, 0.15) is 18.5 Å². The first kappa shape index (κ1) is 16.1. The van der Waals surface area contributed by atoms with E-state index < -0.39 is 0 Å². The van der Waals surface area contributed by atoms with Crippen molar-refractivity contribution in [2.75, 3.05) is 18.8 Å². The Kier molecular flexibility index (Phi) is 4.36. The topological polar surface area (TPSA) is 80.7 Å². The van der Waals surface area contributed by atoms with Gasteiger partial charge in [0.05, 0.1) is 11.4 Å². The number of nitrogens with two attached hydrogens (primary N) is 1. The van der Waals surface area contributed by atoms with Gasteiger partial charge >= 0.3 is 0 Å². The van der Waals surface area contributed by atoms with E-state index in [9.17, 15) is 9.59 Å². The molecule has 1 aliphatic heterocycles. The van der Waals surface area contributed by atoms with Gasteiger partial charge in [0.1, 0.15) is 0 Å². The molecule has 8 heteroatoms. The molecule has 6 nitrogen and oxygen atoms in total. The summed E-state index contributed by atoms with van der Waals surface area (Å²) in [5, 5.41) is 1.85. The van der Waals surface area contributed by atoms with E-state index in [1.165, 1.54) is 27.5 Å². The Morgan fingerprint density at radius 2 is 2.29 bits per heavy atom. The summed E-state index contributed by atoms with van der Waals surface area (Å²) in [6, 6.07) is 1.81. The number of fused-ring (bicyclic) bond motifs is 2. The molecule has 3 heterocycles. The van der Waals surface area contributed by atoms with Gasteiger partial charge in [0.25, 0.3) is 5.56 Å². The molecule has 0 bridgehead atoms. The number of nitrogens with zero attached hydrogens (tertiary/aromatic N) is 3. The van der Waals surface area contributed by atoms with E-state index in [2.05, 4.69) is 4.98 Å². The molecule has 0 spiro atoms. The Balaban J connectivity index is 1.32. The maximum atomic E-state index is 12.4. The molecule has 2 aromatic heterocycles. The van der Waals surface area contributed by atoms with Crippen LogP contribution in [0.15, 0.2) is 22.4 Å². The van der Waals surface area contributed by atoms with E-state index in [1.807, 2.05) is 10.3 Å². The number of thiazole rings is 1. The van der Waals surface area contributed by atoms with Crippen molar-refractivity contribution in [1.82, 2.24) is 14.3 Å². The lowest BCUT2D eigenvalue weighted by molar-refractivity contribution is -0.127. The van der Waals surface area contributed by atoms with Gasteiger partial charge in [0.2, 0.25) is 5.91 Å². The highest BCUT2D eigenvalue weighted by Crippen LogP contribution is 2.37. The molecular weight excluding hydrogens is 344 g/mol. The third kappa shape index (κ3) is 2.98. The summed E-state index contributed by atoms with van der Waals surface area (Å²) >= 11 is 2.96. The molecular formula is C16H20N4O2S2. The molecule has 2 N–H and O–H groups in total. The number of carbonyl (C=O) groups excluding carboxylic acids is 1. The van der Waals surface area contributed by atoms with Crippen molar-refractivity contribution in [3.05, 3.63) is 33.7 Å². The number of thioether (sulfide) groups is 1. The van der Waals surface area contributed by atoms with Gasteiger partial charge in [-0.2, -0.15) is 0 Å². The zero-order chi connectivity index (χ0) is 16.7. The summed E-state index contributed by atoms with van der Waals surface area (Å²) in [4.78, 5) is 31.5. The maximum absolute atomic E-state index is 12.4. The Labute approximate surface area is 148 Å². The summed E-state index contributed by atoms with van der Waals surface area (Å²) in [7, 11) is 0. The quantitative estimate of drug-likeness (QED) is 0.881. The minimum Gasteiger partial charge on any atom is -0.341 e. The molecule has 128 valence electrons. The predicted octanol–water partition coefficient (Wildman–Crippen LogP) is 1.18. The van der Waals surface area contributed by atoms with Crippen LogP contribution >= 0.6 is 23.1 Å². The van der Waals surface area contributed by atoms with Gasteiger partial charge in [-0.05, 0) is 24.7 Å². The van der Waals surface area contributed by atoms with Gasteiger partial charge < -0.3 is 10.6 Å². The van der Waals surface area contributed by atoms with E-state index >= 15 is 0 Å². The first-order chi connectivity index (χ1) is 11.6. The molecule has 0 aromatic carbocycles. The largest absolute Gasteiger partial charge is 0.341 e. The first-order valence-corrected chi connectivity index (χ1v) is 10.2. The molecule has 2 aromatic rings. The van der Waals surface area contributed by atoms with E-state index in [0.29, 0.717) is 28.3 Å². The van der Waals surface area contributed by atoms with Crippen LogP contribution in [-0.2, 0) is 10.5 Å². The van der Waals surface area contributed by atoms with Crippen LogP contribution in [0, 0.1) is 11.8 Å². The van der Waals surface area contributed by atoms with E-state index in [1.54, 1.807) is 12.3 Å². The SMILES string of the molecule is NC1CCC2CN(C(=O)CSCc3cc(=O)n4ccsc4n3)CC12. The fourth-order valence-corrected chi connectivity index (χ4v) is 5.36. The second-order valence-electron chi connectivity index (χ2n) is 6.60. The Morgan fingerprint density at radius 1 is 1.42 bits per heavy atom. The maximum Gasteiger partial charge on any atom is 0.258 e. The van der Waals surface area contributed by atoms with Gasteiger partial charge in [-0.25, -0.2) is 4.98 Å². The molecule has 1 aliphatic carbocycles. The second kappa shape index (κ2) is 6.50. The molecule has 0 radical (unpaired) electrons. The highest BCUT2D eigenvalue weighted by Gasteiger charge is 2.42. The van der Waals surface area contributed by atoms with E-state index in [-0.39, 0.29) is 17.5 Å². The van der Waals surface area contributed by atoms with E-state index in [0.717, 1.165) is 31.6 Å². The zero-order valence-corrected chi connectivity index (χ0v) is 14.9. The number of likely N-dealkylation sites (tertiary alicyclic amines) is 1. The number of carbonyl (C=O) groups is 1. The van der Waals surface area contributed by atoms with Crippen molar-refractivity contribution in [3.8, 4) is 0 Å². The molecule has 2 fully saturated rings. The fourth-order valence-electron chi connectivity index (χ4n) is 3.81. The number of amides is 1. The van der Waals surface area contributed by atoms with Crippen LogP contribution in [0.3, 0.4) is 0 Å². The standard InChI is InChI=1S/C16H20N4O2S2/c17-13-2-1-10-6-19(7-12(10)13)15(22)9-23-8-11-5-14(21)20-3-4-24-16(20)18-11/h3-5,10,12-13H,1-2,6-9,17H2. The summed E-state index contributed by atoms with van der Waals surface area (Å²) < 4.78 is 1.54. The van der Waals surface area contributed by atoms with Crippen molar-refractivity contribution in [1.29, 1.82) is 0 Å². The molecule has 3 atom stereocenters. The van der Waals surface area contributed by atoms with Crippen LogP contribution < -0.4 is 11.3 Å². The van der Waals surface area contributed by atoms with Gasteiger partial charge in [0.15, 0.2) is 4.96 Å². The Hall–Kier alpha value is -1.38. The normalized spacial score (nSPS) is 26.2. The number of rotatable bonds is 4. The van der Waals surface area contributed by atoms with Gasteiger partial charge in [-0.3, -0.25) is 14.0 Å². The lowest BCUT2D eigenvalue weighted by atomic mass is 9.98. The number of hydrogen-bond donors (Lipinski definition) is 1. The van der Waals surface area contributed by atoms with Crippen molar-refractivity contribution >= 4 is 34.0 Å². The summed E-state index contributed by atoms with van der Waals surface area (Å²) in [5.41, 5.74) is 6.80. The first-order valence-electron chi connectivity index (χ1n) is 8.18. The summed E-state index contributed by atoms with van der Waals surface area (Å²) in [5.74, 6) is 2.27. The molecule has 3 unspecified atom stereocenters. The summed E-state index contributed by atoms with van der Waals surface area (Å²) in [6.07, 6.45) is 3.97. The highest BCUT2D eigenvalue weighted by molar-refractivity contribution is 7.99. The van der Waals surface area contributed by atoms with Crippen molar-refractivity contribution in [2.45, 2.75) is 24.6 Å². The average Bonchev–Trinajstić information content (AvgIpc) is 3.25. The third-order valence-electron chi connectivity index (χ3n) is 5.10. The van der Waals surface area contributed by atoms with Gasteiger partial charge in [-0.1, -0.05) is 0 Å². The van der Waals surface area contributed by atoms with Crippen molar-refractivity contribution < 1.29 is 4.79 Å². The van der Waals surface area contributed by atoms with Crippen LogP contribution in [0.2, 0.25) is 0 Å². The smallest absolute Gasteiger partial charge is 0.258 e. The third-order valence-corrected chi connectivity index (χ3v) is 6.80. The molecule has 1 amide bonds. The zero-order valence-electron chi connectivity index (χ0n) is 13.3. The summed E-state index contributed by atoms with van der Waals surface area (Å²) in [6.45, 7) is 1.67. The highest BCUT2D eigenvalue weighted by atomic mass is 32.2. The average molecular weight is 364 g/mol. The van der Waals surface area contributed by atoms with Crippen molar-refractivity contribution in [3.63, 3.8) is 0 Å². The minimum atomic E-state index is -0.0652. The molecule has 24 heavy (non-hydrogen) atoms.